The molecule has 96 valence electrons. The van der Waals surface area contributed by atoms with Gasteiger partial charge in [0.25, 0.3) is 0 Å². The van der Waals surface area contributed by atoms with Crippen molar-refractivity contribution in [2.75, 3.05) is 0 Å². The standard InChI is InChI=1S/C17H16O2/c1-2-15(13-9-5-3-6-10-13)17(19)16(18)14-11-7-4-8-12-14/h2-12,15,17,19H,1H2/t15-,17-/m1/s1. The molecule has 0 aliphatic heterocycles. The van der Waals surface area contributed by atoms with Gasteiger partial charge in [0.05, 0.1) is 0 Å². The number of hydrogen-bond donors (Lipinski definition) is 1. The summed E-state index contributed by atoms with van der Waals surface area (Å²) < 4.78 is 0. The SMILES string of the molecule is C=C[C@H](c1ccccc1)[C@@H](O)C(=O)c1ccccc1. The smallest absolute Gasteiger partial charge is 0.192 e. The zero-order valence-corrected chi connectivity index (χ0v) is 10.6. The normalized spacial score (nSPS) is 13.5. The van der Waals surface area contributed by atoms with Crippen molar-refractivity contribution in [2.45, 2.75) is 12.0 Å². The lowest BCUT2D eigenvalue weighted by Gasteiger charge is -2.19. The van der Waals surface area contributed by atoms with Gasteiger partial charge in [0.2, 0.25) is 0 Å². The van der Waals surface area contributed by atoms with E-state index in [1.165, 1.54) is 0 Å². The van der Waals surface area contributed by atoms with Gasteiger partial charge in [0.1, 0.15) is 6.10 Å². The van der Waals surface area contributed by atoms with Crippen molar-refractivity contribution >= 4 is 5.78 Å². The molecule has 0 heterocycles. The van der Waals surface area contributed by atoms with Gasteiger partial charge < -0.3 is 5.11 Å². The average molecular weight is 252 g/mol. The molecule has 0 fully saturated rings. The van der Waals surface area contributed by atoms with Gasteiger partial charge in [0, 0.05) is 11.5 Å². The molecule has 2 aromatic rings. The number of carbonyl (C=O) groups is 1. The lowest BCUT2D eigenvalue weighted by Crippen LogP contribution is -2.27. The second kappa shape index (κ2) is 6.12. The molecule has 0 amide bonds. The van der Waals surface area contributed by atoms with Crippen molar-refractivity contribution in [1.29, 1.82) is 0 Å². The van der Waals surface area contributed by atoms with E-state index in [9.17, 15) is 9.90 Å². The van der Waals surface area contributed by atoms with Gasteiger partial charge in [-0.2, -0.15) is 0 Å². The molecular formula is C17H16O2. The monoisotopic (exact) mass is 252 g/mol. The first-order valence-corrected chi connectivity index (χ1v) is 6.19. The summed E-state index contributed by atoms with van der Waals surface area (Å²) in [6, 6.07) is 18.2. The summed E-state index contributed by atoms with van der Waals surface area (Å²) >= 11 is 0. The third kappa shape index (κ3) is 2.98. The van der Waals surface area contributed by atoms with Crippen LogP contribution in [0.2, 0.25) is 0 Å². The zero-order valence-electron chi connectivity index (χ0n) is 10.6. The highest BCUT2D eigenvalue weighted by atomic mass is 16.3. The van der Waals surface area contributed by atoms with Crippen molar-refractivity contribution in [3.05, 3.63) is 84.4 Å². The van der Waals surface area contributed by atoms with Crippen molar-refractivity contribution in [2.24, 2.45) is 0 Å². The van der Waals surface area contributed by atoms with E-state index in [4.69, 9.17) is 0 Å². The Balaban J connectivity index is 2.25. The van der Waals surface area contributed by atoms with Gasteiger partial charge in [-0.1, -0.05) is 66.7 Å². The van der Waals surface area contributed by atoms with Gasteiger partial charge in [-0.05, 0) is 5.56 Å². The van der Waals surface area contributed by atoms with Gasteiger partial charge in [-0.15, -0.1) is 6.58 Å². The highest BCUT2D eigenvalue weighted by Gasteiger charge is 2.25. The molecule has 0 spiro atoms. The van der Waals surface area contributed by atoms with Crippen LogP contribution < -0.4 is 0 Å². The van der Waals surface area contributed by atoms with Crippen molar-refractivity contribution in [3.63, 3.8) is 0 Å². The molecule has 0 aliphatic rings. The van der Waals surface area contributed by atoms with Gasteiger partial charge in [0.15, 0.2) is 5.78 Å². The summed E-state index contributed by atoms with van der Waals surface area (Å²) in [5, 5.41) is 10.3. The minimum absolute atomic E-state index is 0.283. The van der Waals surface area contributed by atoms with E-state index in [1.807, 2.05) is 36.4 Å². The lowest BCUT2D eigenvalue weighted by atomic mass is 9.89. The van der Waals surface area contributed by atoms with Crippen molar-refractivity contribution < 1.29 is 9.90 Å². The predicted octanol–water partition coefficient (Wildman–Crippen LogP) is 3.20. The van der Waals surface area contributed by atoms with Crippen LogP contribution in [0.1, 0.15) is 21.8 Å². The molecule has 0 aromatic heterocycles. The Morgan fingerprint density at radius 3 is 2.05 bits per heavy atom. The van der Waals surface area contributed by atoms with E-state index in [2.05, 4.69) is 6.58 Å². The Kier molecular flexibility index (Phi) is 4.26. The maximum absolute atomic E-state index is 12.2. The zero-order chi connectivity index (χ0) is 13.7. The number of benzene rings is 2. The molecule has 1 N–H and O–H groups in total. The van der Waals surface area contributed by atoms with Crippen LogP contribution in [0, 0.1) is 0 Å². The van der Waals surface area contributed by atoms with Crippen molar-refractivity contribution in [3.8, 4) is 0 Å². The second-order valence-corrected chi connectivity index (χ2v) is 4.35. The van der Waals surface area contributed by atoms with E-state index in [1.54, 1.807) is 30.3 Å². The number of carbonyl (C=O) groups excluding carboxylic acids is 1. The Labute approximate surface area is 113 Å². The Hall–Kier alpha value is -2.19. The van der Waals surface area contributed by atoms with Crippen molar-refractivity contribution in [1.82, 2.24) is 0 Å². The number of aliphatic hydroxyl groups excluding tert-OH is 1. The number of Topliss-reactive ketones (excluding diaryl/α,β-unsaturated/α-hetero) is 1. The first-order chi connectivity index (χ1) is 9.24. The van der Waals surface area contributed by atoms with Crippen LogP contribution in [0.5, 0.6) is 0 Å². The minimum Gasteiger partial charge on any atom is -0.384 e. The lowest BCUT2D eigenvalue weighted by molar-refractivity contribution is 0.0720. The molecule has 0 saturated heterocycles. The Morgan fingerprint density at radius 1 is 1.00 bits per heavy atom. The van der Waals surface area contributed by atoms with Crippen LogP contribution in [-0.2, 0) is 0 Å². The van der Waals surface area contributed by atoms with E-state index in [-0.39, 0.29) is 5.78 Å². The Morgan fingerprint density at radius 2 is 1.53 bits per heavy atom. The summed E-state index contributed by atoms with van der Waals surface area (Å²) in [6.07, 6.45) is 0.503. The fourth-order valence-corrected chi connectivity index (χ4v) is 2.06. The molecule has 2 heteroatoms. The minimum atomic E-state index is -1.11. The fraction of sp³-hybridized carbons (Fsp3) is 0.118. The van der Waals surface area contributed by atoms with Crippen LogP contribution >= 0.6 is 0 Å². The van der Waals surface area contributed by atoms with Gasteiger partial charge in [-0.3, -0.25) is 4.79 Å². The molecule has 2 rings (SSSR count). The maximum Gasteiger partial charge on any atom is 0.192 e. The summed E-state index contributed by atoms with van der Waals surface area (Å²) in [4.78, 5) is 12.2. The van der Waals surface area contributed by atoms with Crippen LogP contribution in [-0.4, -0.2) is 17.0 Å². The topological polar surface area (TPSA) is 37.3 Å². The molecule has 0 bridgehead atoms. The summed E-state index contributed by atoms with van der Waals surface area (Å²) in [5.74, 6) is -0.678. The van der Waals surface area contributed by atoms with Gasteiger partial charge in [-0.25, -0.2) is 0 Å². The molecule has 0 unspecified atom stereocenters. The second-order valence-electron chi connectivity index (χ2n) is 4.35. The third-order valence-electron chi connectivity index (χ3n) is 3.11. The predicted molar refractivity (Wildman–Crippen MR) is 76.2 cm³/mol. The van der Waals surface area contributed by atoms with E-state index < -0.39 is 12.0 Å². The number of rotatable bonds is 5. The average Bonchev–Trinajstić information content (AvgIpc) is 2.49. The first-order valence-electron chi connectivity index (χ1n) is 6.19. The first kappa shape index (κ1) is 13.2. The van der Waals surface area contributed by atoms with Crippen LogP contribution in [0.4, 0.5) is 0 Å². The number of hydrogen-bond acceptors (Lipinski definition) is 2. The summed E-state index contributed by atoms with van der Waals surface area (Å²) in [5.41, 5.74) is 1.40. The molecule has 19 heavy (non-hydrogen) atoms. The molecular weight excluding hydrogens is 236 g/mol. The van der Waals surface area contributed by atoms with Crippen LogP contribution in [0.25, 0.3) is 0 Å². The fourth-order valence-electron chi connectivity index (χ4n) is 2.06. The quantitative estimate of drug-likeness (QED) is 0.655. The largest absolute Gasteiger partial charge is 0.384 e. The maximum atomic E-state index is 12.2. The highest BCUT2D eigenvalue weighted by Crippen LogP contribution is 2.23. The van der Waals surface area contributed by atoms with Crippen LogP contribution in [0.3, 0.4) is 0 Å². The number of aliphatic hydroxyl groups is 1. The van der Waals surface area contributed by atoms with Gasteiger partial charge >= 0.3 is 0 Å². The molecule has 0 saturated carbocycles. The van der Waals surface area contributed by atoms with E-state index >= 15 is 0 Å². The summed E-state index contributed by atoms with van der Waals surface area (Å²) in [7, 11) is 0. The molecule has 2 nitrogen and oxygen atoms in total. The molecule has 0 radical (unpaired) electrons. The van der Waals surface area contributed by atoms with E-state index in [0.29, 0.717) is 5.56 Å². The molecule has 2 atom stereocenters. The Bertz CT molecular complexity index is 546. The number of ketones is 1. The van der Waals surface area contributed by atoms with Crippen LogP contribution in [0.15, 0.2) is 73.3 Å². The molecule has 0 aliphatic carbocycles. The highest BCUT2D eigenvalue weighted by molar-refractivity contribution is 6.00. The summed E-state index contributed by atoms with van der Waals surface area (Å²) in [6.45, 7) is 3.72. The van der Waals surface area contributed by atoms with E-state index in [0.717, 1.165) is 5.56 Å². The molecule has 2 aromatic carbocycles. The third-order valence-corrected chi connectivity index (χ3v) is 3.11.